The zero-order chi connectivity index (χ0) is 22.8. The van der Waals surface area contributed by atoms with Crippen LogP contribution in [0, 0.1) is 5.82 Å². The molecule has 0 fully saturated rings. The molecule has 0 unspecified atom stereocenters. The molecule has 0 saturated carbocycles. The number of amides is 2. The van der Waals surface area contributed by atoms with Crippen LogP contribution in [0.3, 0.4) is 0 Å². The van der Waals surface area contributed by atoms with E-state index in [1.165, 1.54) is 24.3 Å². The Kier molecular flexibility index (Phi) is 6.10. The SMILES string of the molecule is CC(C)c1ccc(NC2=C(c3ccc(F)cc3)C(=O)N(Cc3ccccc3Cl)C2=O)cc1. The number of benzene rings is 3. The molecule has 0 atom stereocenters. The predicted octanol–water partition coefficient (Wildman–Crippen LogP) is 5.99. The monoisotopic (exact) mass is 448 g/mol. The summed E-state index contributed by atoms with van der Waals surface area (Å²) in [6, 6.07) is 20.3. The number of anilines is 1. The van der Waals surface area contributed by atoms with Crippen LogP contribution in [0.1, 0.15) is 36.5 Å². The van der Waals surface area contributed by atoms with Gasteiger partial charge in [-0.2, -0.15) is 0 Å². The lowest BCUT2D eigenvalue weighted by molar-refractivity contribution is -0.137. The Balaban J connectivity index is 1.72. The lowest BCUT2D eigenvalue weighted by Crippen LogP contribution is -2.32. The Morgan fingerprint density at radius 3 is 2.19 bits per heavy atom. The number of carbonyl (C=O) groups is 2. The molecule has 3 aromatic carbocycles. The van der Waals surface area contributed by atoms with E-state index in [0.29, 0.717) is 27.8 Å². The predicted molar refractivity (Wildman–Crippen MR) is 124 cm³/mol. The number of carbonyl (C=O) groups excluding carboxylic acids is 2. The fourth-order valence-corrected chi connectivity index (χ4v) is 3.81. The molecule has 1 aliphatic heterocycles. The minimum absolute atomic E-state index is 0.0412. The Labute approximate surface area is 191 Å². The summed E-state index contributed by atoms with van der Waals surface area (Å²) in [5.74, 6) is -0.957. The van der Waals surface area contributed by atoms with Crippen molar-refractivity contribution < 1.29 is 14.0 Å². The molecule has 1 aliphatic rings. The van der Waals surface area contributed by atoms with E-state index >= 15 is 0 Å². The first-order valence-corrected chi connectivity index (χ1v) is 10.7. The smallest absolute Gasteiger partial charge is 0.278 e. The number of hydrogen-bond donors (Lipinski definition) is 1. The summed E-state index contributed by atoms with van der Waals surface area (Å²) in [6.07, 6.45) is 0. The van der Waals surface area contributed by atoms with Crippen LogP contribution < -0.4 is 5.32 Å². The number of halogens is 2. The molecule has 3 aromatic rings. The van der Waals surface area contributed by atoms with E-state index in [4.69, 9.17) is 11.6 Å². The van der Waals surface area contributed by atoms with Gasteiger partial charge in [-0.25, -0.2) is 4.39 Å². The van der Waals surface area contributed by atoms with Gasteiger partial charge in [0.2, 0.25) is 0 Å². The Bertz CT molecular complexity index is 1200. The highest BCUT2D eigenvalue weighted by Crippen LogP contribution is 2.32. The molecule has 6 heteroatoms. The third-order valence-electron chi connectivity index (χ3n) is 5.43. The number of imide groups is 1. The standard InChI is InChI=1S/C26H22ClFN2O2/c1-16(2)17-9-13-21(14-10-17)29-24-23(18-7-11-20(28)12-8-18)25(31)30(26(24)32)15-19-5-3-4-6-22(19)27/h3-14,16,29H,15H2,1-2H3. The van der Waals surface area contributed by atoms with Gasteiger partial charge in [0, 0.05) is 10.7 Å². The van der Waals surface area contributed by atoms with E-state index in [0.717, 1.165) is 10.5 Å². The maximum absolute atomic E-state index is 13.5. The molecule has 0 aromatic heterocycles. The zero-order valence-electron chi connectivity index (χ0n) is 17.7. The van der Waals surface area contributed by atoms with Gasteiger partial charge in [0.25, 0.3) is 11.8 Å². The first kappa shape index (κ1) is 21.8. The van der Waals surface area contributed by atoms with Crippen LogP contribution in [0.15, 0.2) is 78.5 Å². The van der Waals surface area contributed by atoms with Crippen LogP contribution in [-0.4, -0.2) is 16.7 Å². The van der Waals surface area contributed by atoms with Crippen molar-refractivity contribution in [1.82, 2.24) is 4.90 Å². The molecular formula is C26H22ClFN2O2. The summed E-state index contributed by atoms with van der Waals surface area (Å²) in [5.41, 5.74) is 3.34. The van der Waals surface area contributed by atoms with Crippen LogP contribution >= 0.6 is 11.6 Å². The van der Waals surface area contributed by atoms with Crippen LogP contribution in [0.5, 0.6) is 0 Å². The second-order valence-corrected chi connectivity index (χ2v) is 8.35. The summed E-state index contributed by atoms with van der Waals surface area (Å²) in [4.78, 5) is 27.8. The normalized spacial score (nSPS) is 14.0. The van der Waals surface area contributed by atoms with Crippen molar-refractivity contribution in [3.05, 3.63) is 106 Å². The molecule has 4 nitrogen and oxygen atoms in total. The van der Waals surface area contributed by atoms with E-state index in [2.05, 4.69) is 19.2 Å². The fourth-order valence-electron chi connectivity index (χ4n) is 3.61. The van der Waals surface area contributed by atoms with Crippen LogP contribution in [0.2, 0.25) is 5.02 Å². The minimum Gasteiger partial charge on any atom is -0.350 e. The summed E-state index contributed by atoms with van der Waals surface area (Å²) >= 11 is 6.26. The topological polar surface area (TPSA) is 49.4 Å². The fraction of sp³-hybridized carbons (Fsp3) is 0.154. The zero-order valence-corrected chi connectivity index (χ0v) is 18.5. The lowest BCUT2D eigenvalue weighted by Gasteiger charge is -2.16. The molecule has 0 saturated heterocycles. The first-order valence-electron chi connectivity index (χ1n) is 10.3. The van der Waals surface area contributed by atoms with E-state index in [9.17, 15) is 14.0 Å². The maximum Gasteiger partial charge on any atom is 0.278 e. The van der Waals surface area contributed by atoms with Crippen LogP contribution in [0.4, 0.5) is 10.1 Å². The van der Waals surface area contributed by atoms with Crippen LogP contribution in [-0.2, 0) is 16.1 Å². The first-order chi connectivity index (χ1) is 15.3. The molecule has 0 bridgehead atoms. The van der Waals surface area contributed by atoms with Gasteiger partial charge in [0.1, 0.15) is 11.5 Å². The molecule has 0 radical (unpaired) electrons. The molecule has 0 spiro atoms. The molecule has 4 rings (SSSR count). The highest BCUT2D eigenvalue weighted by Gasteiger charge is 2.39. The lowest BCUT2D eigenvalue weighted by atomic mass is 10.0. The van der Waals surface area contributed by atoms with Crippen molar-refractivity contribution in [3.63, 3.8) is 0 Å². The molecule has 1 N–H and O–H groups in total. The number of hydrogen-bond acceptors (Lipinski definition) is 3. The maximum atomic E-state index is 13.5. The largest absolute Gasteiger partial charge is 0.350 e. The second-order valence-electron chi connectivity index (χ2n) is 7.95. The van der Waals surface area contributed by atoms with E-state index in [1.54, 1.807) is 24.3 Å². The van der Waals surface area contributed by atoms with E-state index in [-0.39, 0.29) is 17.8 Å². The summed E-state index contributed by atoms with van der Waals surface area (Å²) in [7, 11) is 0. The van der Waals surface area contributed by atoms with Crippen molar-refractivity contribution in [2.24, 2.45) is 0 Å². The molecular weight excluding hydrogens is 427 g/mol. The summed E-state index contributed by atoms with van der Waals surface area (Å²) in [6.45, 7) is 4.24. The number of nitrogens with one attached hydrogen (secondary N) is 1. The summed E-state index contributed by atoms with van der Waals surface area (Å²) in [5, 5.41) is 3.60. The summed E-state index contributed by atoms with van der Waals surface area (Å²) < 4.78 is 13.5. The second kappa shape index (κ2) is 8.97. The minimum atomic E-state index is -0.456. The Morgan fingerprint density at radius 1 is 0.906 bits per heavy atom. The third kappa shape index (κ3) is 4.30. The Hall–Kier alpha value is -3.44. The average molecular weight is 449 g/mol. The van der Waals surface area contributed by atoms with Gasteiger partial charge >= 0.3 is 0 Å². The van der Waals surface area contributed by atoms with Crippen molar-refractivity contribution in [1.29, 1.82) is 0 Å². The van der Waals surface area contributed by atoms with Crippen LogP contribution in [0.25, 0.3) is 5.57 Å². The van der Waals surface area contributed by atoms with Gasteiger partial charge in [-0.05, 0) is 52.9 Å². The molecule has 162 valence electrons. The van der Waals surface area contributed by atoms with Gasteiger partial charge < -0.3 is 5.32 Å². The van der Waals surface area contributed by atoms with Gasteiger partial charge in [-0.3, -0.25) is 14.5 Å². The van der Waals surface area contributed by atoms with Crippen molar-refractivity contribution in [2.45, 2.75) is 26.3 Å². The van der Waals surface area contributed by atoms with Crippen molar-refractivity contribution in [2.75, 3.05) is 5.32 Å². The average Bonchev–Trinajstić information content (AvgIpc) is 3.00. The molecule has 0 aliphatic carbocycles. The number of rotatable bonds is 6. The molecule has 32 heavy (non-hydrogen) atoms. The van der Waals surface area contributed by atoms with Crippen molar-refractivity contribution in [3.8, 4) is 0 Å². The van der Waals surface area contributed by atoms with Gasteiger partial charge in [-0.15, -0.1) is 0 Å². The Morgan fingerprint density at radius 2 is 1.56 bits per heavy atom. The molecule has 2 amide bonds. The van der Waals surface area contributed by atoms with Gasteiger partial charge in [0.05, 0.1) is 12.1 Å². The van der Waals surface area contributed by atoms with Gasteiger partial charge in [0.15, 0.2) is 0 Å². The quantitative estimate of drug-likeness (QED) is 0.471. The highest BCUT2D eigenvalue weighted by atomic mass is 35.5. The highest BCUT2D eigenvalue weighted by molar-refractivity contribution is 6.36. The third-order valence-corrected chi connectivity index (χ3v) is 5.80. The number of nitrogens with zero attached hydrogens (tertiary/aromatic N) is 1. The van der Waals surface area contributed by atoms with Crippen molar-refractivity contribution >= 4 is 34.7 Å². The molecule has 1 heterocycles. The van der Waals surface area contributed by atoms with Gasteiger partial charge in [-0.1, -0.05) is 67.9 Å². The van der Waals surface area contributed by atoms with E-state index in [1.807, 2.05) is 24.3 Å². The van der Waals surface area contributed by atoms with E-state index < -0.39 is 17.6 Å².